The van der Waals surface area contributed by atoms with E-state index in [0.29, 0.717) is 18.1 Å². The van der Waals surface area contributed by atoms with E-state index < -0.39 is 17.9 Å². The lowest BCUT2D eigenvalue weighted by Crippen LogP contribution is -2.48. The van der Waals surface area contributed by atoms with Gasteiger partial charge in [-0.2, -0.15) is 0 Å². The number of carbonyl (C=O) groups excluding carboxylic acids is 2. The second-order valence-corrected chi connectivity index (χ2v) is 6.19. The van der Waals surface area contributed by atoms with Gasteiger partial charge in [0, 0.05) is 0 Å². The van der Waals surface area contributed by atoms with Gasteiger partial charge in [-0.25, -0.2) is 0 Å². The highest BCUT2D eigenvalue weighted by atomic mass is 16.5. The molecule has 7 heteroatoms. The third kappa shape index (κ3) is 6.19. The molecule has 0 aliphatic rings. The summed E-state index contributed by atoms with van der Waals surface area (Å²) in [4.78, 5) is 24.0. The maximum absolute atomic E-state index is 12.1. The quantitative estimate of drug-likeness (QED) is 0.682. The summed E-state index contributed by atoms with van der Waals surface area (Å²) in [6, 6.07) is 12.6. The first-order valence-electron chi connectivity index (χ1n) is 9.08. The van der Waals surface area contributed by atoms with Crippen LogP contribution in [0.1, 0.15) is 25.0 Å². The van der Waals surface area contributed by atoms with E-state index in [1.165, 1.54) is 0 Å². The Morgan fingerprint density at radius 3 is 2.32 bits per heavy atom. The van der Waals surface area contributed by atoms with E-state index in [9.17, 15) is 9.59 Å². The van der Waals surface area contributed by atoms with Crippen molar-refractivity contribution in [2.24, 2.45) is 0 Å². The van der Waals surface area contributed by atoms with Gasteiger partial charge < -0.3 is 14.2 Å². The zero-order valence-electron chi connectivity index (χ0n) is 16.6. The molecule has 0 spiro atoms. The third-order valence-electron chi connectivity index (χ3n) is 4.06. The summed E-state index contributed by atoms with van der Waals surface area (Å²) in [5, 5.41) is 0. The van der Waals surface area contributed by atoms with E-state index in [2.05, 4.69) is 10.9 Å². The highest BCUT2D eigenvalue weighted by Crippen LogP contribution is 2.20. The Morgan fingerprint density at radius 2 is 1.64 bits per heavy atom. The van der Waals surface area contributed by atoms with Crippen molar-refractivity contribution in [1.29, 1.82) is 0 Å². The highest BCUT2D eigenvalue weighted by molar-refractivity contribution is 5.85. The van der Waals surface area contributed by atoms with E-state index in [1.54, 1.807) is 37.3 Å². The Labute approximate surface area is 165 Å². The van der Waals surface area contributed by atoms with Crippen molar-refractivity contribution in [2.75, 3.05) is 13.2 Å². The summed E-state index contributed by atoms with van der Waals surface area (Å²) in [5.41, 5.74) is 6.69. The van der Waals surface area contributed by atoms with Crippen LogP contribution in [0.3, 0.4) is 0 Å². The SMILES string of the molecule is CCOc1ccc(O[C@@H](C)C(=O)NNC(=O)COc2cccc(C)c2C)cc1. The Kier molecular flexibility index (Phi) is 7.68. The van der Waals surface area contributed by atoms with Crippen molar-refractivity contribution in [2.45, 2.75) is 33.8 Å². The number of ether oxygens (including phenoxy) is 3. The van der Waals surface area contributed by atoms with Gasteiger partial charge in [0.15, 0.2) is 12.7 Å². The van der Waals surface area contributed by atoms with Crippen molar-refractivity contribution in [3.63, 3.8) is 0 Å². The van der Waals surface area contributed by atoms with Crippen LogP contribution in [0.25, 0.3) is 0 Å². The third-order valence-corrected chi connectivity index (χ3v) is 4.06. The van der Waals surface area contributed by atoms with Crippen LogP contribution < -0.4 is 25.1 Å². The van der Waals surface area contributed by atoms with Crippen LogP contribution in [-0.4, -0.2) is 31.1 Å². The largest absolute Gasteiger partial charge is 0.494 e. The average molecular weight is 386 g/mol. The number of nitrogens with one attached hydrogen (secondary N) is 2. The monoisotopic (exact) mass is 386 g/mol. The number of hydrazine groups is 1. The second kappa shape index (κ2) is 10.2. The smallest absolute Gasteiger partial charge is 0.279 e. The van der Waals surface area contributed by atoms with E-state index in [-0.39, 0.29) is 6.61 Å². The van der Waals surface area contributed by atoms with Crippen LogP contribution in [0.5, 0.6) is 17.2 Å². The first-order valence-corrected chi connectivity index (χ1v) is 9.08. The molecule has 2 N–H and O–H groups in total. The number of carbonyl (C=O) groups is 2. The van der Waals surface area contributed by atoms with Crippen LogP contribution in [0, 0.1) is 13.8 Å². The van der Waals surface area contributed by atoms with Gasteiger partial charge in [0.2, 0.25) is 0 Å². The molecule has 0 aromatic heterocycles. The molecule has 0 saturated carbocycles. The summed E-state index contributed by atoms with van der Waals surface area (Å²) < 4.78 is 16.4. The van der Waals surface area contributed by atoms with Crippen LogP contribution in [0.2, 0.25) is 0 Å². The molecule has 0 bridgehead atoms. The normalized spacial score (nSPS) is 11.3. The Bertz CT molecular complexity index is 805. The van der Waals surface area contributed by atoms with Crippen LogP contribution in [0.4, 0.5) is 0 Å². The lowest BCUT2D eigenvalue weighted by Gasteiger charge is -2.16. The van der Waals surface area contributed by atoms with Gasteiger partial charge in [-0.05, 0) is 69.2 Å². The van der Waals surface area contributed by atoms with Crippen LogP contribution in [-0.2, 0) is 9.59 Å². The van der Waals surface area contributed by atoms with Gasteiger partial charge in [0.25, 0.3) is 11.8 Å². The summed E-state index contributed by atoms with van der Waals surface area (Å²) in [7, 11) is 0. The average Bonchev–Trinajstić information content (AvgIpc) is 2.69. The number of rotatable bonds is 8. The molecular weight excluding hydrogens is 360 g/mol. The van der Waals surface area contributed by atoms with E-state index in [1.807, 2.05) is 32.9 Å². The van der Waals surface area contributed by atoms with E-state index >= 15 is 0 Å². The summed E-state index contributed by atoms with van der Waals surface area (Å²) >= 11 is 0. The molecule has 0 aliphatic carbocycles. The molecule has 0 radical (unpaired) electrons. The summed E-state index contributed by atoms with van der Waals surface area (Å²) in [5.74, 6) is 0.934. The molecule has 0 unspecified atom stereocenters. The summed E-state index contributed by atoms with van der Waals surface area (Å²) in [6.07, 6.45) is -0.793. The number of aryl methyl sites for hydroxylation is 1. The fourth-order valence-electron chi connectivity index (χ4n) is 2.33. The van der Waals surface area contributed by atoms with Crippen molar-refractivity contribution in [3.8, 4) is 17.2 Å². The minimum absolute atomic E-state index is 0.210. The molecule has 7 nitrogen and oxygen atoms in total. The first-order chi connectivity index (χ1) is 13.4. The minimum atomic E-state index is -0.793. The van der Waals surface area contributed by atoms with Gasteiger partial charge in [-0.1, -0.05) is 12.1 Å². The molecule has 2 aromatic carbocycles. The highest BCUT2D eigenvalue weighted by Gasteiger charge is 2.16. The molecule has 2 aromatic rings. The lowest BCUT2D eigenvalue weighted by molar-refractivity contribution is -0.133. The number of hydrogen-bond acceptors (Lipinski definition) is 5. The standard InChI is InChI=1S/C21H26N2O5/c1-5-26-17-9-11-18(12-10-17)28-16(4)21(25)23-22-20(24)13-27-19-8-6-7-14(2)15(19)3/h6-12,16H,5,13H2,1-4H3,(H,22,24)(H,23,25)/t16-/m0/s1. The summed E-state index contributed by atoms with van der Waals surface area (Å²) in [6.45, 7) is 7.74. The Morgan fingerprint density at radius 1 is 0.964 bits per heavy atom. The second-order valence-electron chi connectivity index (χ2n) is 6.19. The Balaban J connectivity index is 1.75. The predicted octanol–water partition coefficient (Wildman–Crippen LogP) is 2.70. The molecule has 2 rings (SSSR count). The van der Waals surface area contributed by atoms with Gasteiger partial charge in [0.05, 0.1) is 6.61 Å². The van der Waals surface area contributed by atoms with Gasteiger partial charge in [0.1, 0.15) is 17.2 Å². The molecule has 0 heterocycles. The molecular formula is C21H26N2O5. The van der Waals surface area contributed by atoms with Crippen molar-refractivity contribution in [1.82, 2.24) is 10.9 Å². The molecule has 0 fully saturated rings. The number of hydrogen-bond donors (Lipinski definition) is 2. The fourth-order valence-corrected chi connectivity index (χ4v) is 2.33. The zero-order chi connectivity index (χ0) is 20.5. The molecule has 150 valence electrons. The molecule has 2 amide bonds. The first kappa shape index (κ1) is 21.1. The maximum atomic E-state index is 12.1. The molecule has 28 heavy (non-hydrogen) atoms. The zero-order valence-corrected chi connectivity index (χ0v) is 16.6. The molecule has 0 aliphatic heterocycles. The lowest BCUT2D eigenvalue weighted by atomic mass is 10.1. The van der Waals surface area contributed by atoms with Crippen LogP contribution >= 0.6 is 0 Å². The van der Waals surface area contributed by atoms with Crippen LogP contribution in [0.15, 0.2) is 42.5 Å². The molecule has 0 saturated heterocycles. The van der Waals surface area contributed by atoms with Gasteiger partial charge >= 0.3 is 0 Å². The number of benzene rings is 2. The number of amides is 2. The topological polar surface area (TPSA) is 85.9 Å². The minimum Gasteiger partial charge on any atom is -0.494 e. The fraction of sp³-hybridized carbons (Fsp3) is 0.333. The van der Waals surface area contributed by atoms with E-state index in [4.69, 9.17) is 14.2 Å². The van der Waals surface area contributed by atoms with Crippen molar-refractivity contribution < 1.29 is 23.8 Å². The Hall–Kier alpha value is -3.22. The predicted molar refractivity (Wildman–Crippen MR) is 105 cm³/mol. The molecule has 1 atom stereocenters. The van der Waals surface area contributed by atoms with Crippen molar-refractivity contribution >= 4 is 11.8 Å². The van der Waals surface area contributed by atoms with Gasteiger partial charge in [-0.3, -0.25) is 20.4 Å². The maximum Gasteiger partial charge on any atom is 0.279 e. The van der Waals surface area contributed by atoms with E-state index in [0.717, 1.165) is 16.9 Å². The van der Waals surface area contributed by atoms with Gasteiger partial charge in [-0.15, -0.1) is 0 Å². The van der Waals surface area contributed by atoms with Crippen molar-refractivity contribution in [3.05, 3.63) is 53.6 Å².